The average Bonchev–Trinajstić information content (AvgIpc) is 2.81. The molecule has 0 N–H and O–H groups in total. The normalized spacial score (nSPS) is 16.6. The Bertz CT molecular complexity index is 372. The van der Waals surface area contributed by atoms with Gasteiger partial charge in [-0.15, -0.1) is 11.8 Å². The standard InChI is InChI=1S/C13H15BrOS/c14-11-7-3-4-8-13(11)16-9-12(15)10-5-1-2-6-10/h3-4,7-8,10H,1-2,5-6,9H2. The van der Waals surface area contributed by atoms with Crippen molar-refractivity contribution in [3.05, 3.63) is 28.7 Å². The fourth-order valence-electron chi connectivity index (χ4n) is 2.08. The lowest BCUT2D eigenvalue weighted by molar-refractivity contribution is -0.120. The van der Waals surface area contributed by atoms with E-state index in [1.54, 1.807) is 11.8 Å². The van der Waals surface area contributed by atoms with Crippen LogP contribution in [0.25, 0.3) is 0 Å². The van der Waals surface area contributed by atoms with Crippen LogP contribution in [0.1, 0.15) is 25.7 Å². The van der Waals surface area contributed by atoms with E-state index in [0.29, 0.717) is 17.5 Å². The predicted octanol–water partition coefficient (Wildman–Crippen LogP) is 4.30. The van der Waals surface area contributed by atoms with Gasteiger partial charge in [0.25, 0.3) is 0 Å². The summed E-state index contributed by atoms with van der Waals surface area (Å²) in [5, 5.41) is 0. The maximum absolute atomic E-state index is 11.9. The predicted molar refractivity (Wildman–Crippen MR) is 71.8 cm³/mol. The van der Waals surface area contributed by atoms with Gasteiger partial charge in [-0.2, -0.15) is 0 Å². The van der Waals surface area contributed by atoms with Crippen LogP contribution in [0, 0.1) is 5.92 Å². The number of carbonyl (C=O) groups is 1. The van der Waals surface area contributed by atoms with E-state index in [1.165, 1.54) is 12.8 Å². The average molecular weight is 299 g/mol. The van der Waals surface area contributed by atoms with E-state index < -0.39 is 0 Å². The first-order valence-electron chi connectivity index (χ1n) is 5.67. The molecular weight excluding hydrogens is 284 g/mol. The Labute approximate surface area is 109 Å². The van der Waals surface area contributed by atoms with E-state index in [0.717, 1.165) is 22.2 Å². The van der Waals surface area contributed by atoms with Gasteiger partial charge in [0.2, 0.25) is 0 Å². The first-order valence-corrected chi connectivity index (χ1v) is 7.45. The second-order valence-corrected chi connectivity index (χ2v) is 6.04. The quantitative estimate of drug-likeness (QED) is 0.771. The molecule has 0 bridgehead atoms. The third kappa shape index (κ3) is 3.11. The summed E-state index contributed by atoms with van der Waals surface area (Å²) in [4.78, 5) is 13.1. The van der Waals surface area contributed by atoms with Crippen molar-refractivity contribution in [3.8, 4) is 0 Å². The fraction of sp³-hybridized carbons (Fsp3) is 0.462. The van der Waals surface area contributed by atoms with Crippen molar-refractivity contribution in [1.82, 2.24) is 0 Å². The number of rotatable bonds is 4. The molecule has 0 unspecified atom stereocenters. The molecule has 0 heterocycles. The number of hydrogen-bond donors (Lipinski definition) is 0. The summed E-state index contributed by atoms with van der Waals surface area (Å²) in [5.74, 6) is 1.39. The zero-order valence-corrected chi connectivity index (χ0v) is 11.5. The minimum Gasteiger partial charge on any atom is -0.298 e. The van der Waals surface area contributed by atoms with E-state index in [4.69, 9.17) is 0 Å². The van der Waals surface area contributed by atoms with Gasteiger partial charge >= 0.3 is 0 Å². The Morgan fingerprint density at radius 3 is 2.69 bits per heavy atom. The highest BCUT2D eigenvalue weighted by Crippen LogP contribution is 2.30. The highest BCUT2D eigenvalue weighted by atomic mass is 79.9. The second kappa shape index (κ2) is 5.87. The van der Waals surface area contributed by atoms with Crippen LogP contribution >= 0.6 is 27.7 Å². The molecule has 0 aromatic heterocycles. The minimum absolute atomic E-state index is 0.343. The molecule has 0 radical (unpaired) electrons. The van der Waals surface area contributed by atoms with Gasteiger partial charge < -0.3 is 0 Å². The van der Waals surface area contributed by atoms with Gasteiger partial charge in [0, 0.05) is 15.3 Å². The molecule has 0 aliphatic heterocycles. The monoisotopic (exact) mass is 298 g/mol. The van der Waals surface area contributed by atoms with Crippen LogP contribution in [0.2, 0.25) is 0 Å². The van der Waals surface area contributed by atoms with Crippen LogP contribution in [0.5, 0.6) is 0 Å². The zero-order valence-electron chi connectivity index (χ0n) is 9.12. The first-order chi connectivity index (χ1) is 7.77. The lowest BCUT2D eigenvalue weighted by Crippen LogP contribution is -2.12. The van der Waals surface area contributed by atoms with Crippen LogP contribution in [0.4, 0.5) is 0 Å². The van der Waals surface area contributed by atoms with Gasteiger partial charge in [0.15, 0.2) is 0 Å². The molecule has 1 aromatic rings. The van der Waals surface area contributed by atoms with E-state index in [-0.39, 0.29) is 0 Å². The van der Waals surface area contributed by atoms with Crippen molar-refractivity contribution in [2.45, 2.75) is 30.6 Å². The van der Waals surface area contributed by atoms with E-state index in [2.05, 4.69) is 22.0 Å². The molecule has 1 nitrogen and oxygen atoms in total. The molecule has 0 atom stereocenters. The van der Waals surface area contributed by atoms with Crippen molar-refractivity contribution in [1.29, 1.82) is 0 Å². The minimum atomic E-state index is 0.343. The summed E-state index contributed by atoms with van der Waals surface area (Å²) < 4.78 is 1.08. The molecule has 0 spiro atoms. The maximum atomic E-state index is 11.9. The Morgan fingerprint density at radius 2 is 2.00 bits per heavy atom. The van der Waals surface area contributed by atoms with Crippen LogP contribution in [-0.4, -0.2) is 11.5 Å². The number of benzene rings is 1. The Morgan fingerprint density at radius 1 is 1.31 bits per heavy atom. The van der Waals surface area contributed by atoms with Crippen LogP contribution in [0.3, 0.4) is 0 Å². The summed E-state index contributed by atoms with van der Waals surface area (Å²) >= 11 is 5.14. The molecule has 1 fully saturated rings. The highest BCUT2D eigenvalue weighted by molar-refractivity contribution is 9.10. The molecule has 1 aliphatic carbocycles. The number of hydrogen-bond acceptors (Lipinski definition) is 2. The Kier molecular flexibility index (Phi) is 4.47. The number of carbonyl (C=O) groups excluding carboxylic acids is 1. The van der Waals surface area contributed by atoms with E-state index in [1.807, 2.05) is 18.2 Å². The fourth-order valence-corrected chi connectivity index (χ4v) is 3.62. The maximum Gasteiger partial charge on any atom is 0.146 e. The lowest BCUT2D eigenvalue weighted by Gasteiger charge is -2.08. The SMILES string of the molecule is O=C(CSc1ccccc1Br)C1CCCC1. The highest BCUT2D eigenvalue weighted by Gasteiger charge is 2.22. The Balaban J connectivity index is 1.87. The number of Topliss-reactive ketones (excluding diaryl/α,β-unsaturated/α-hetero) is 1. The molecule has 3 heteroatoms. The van der Waals surface area contributed by atoms with Gasteiger partial charge in [-0.25, -0.2) is 0 Å². The van der Waals surface area contributed by atoms with Crippen molar-refractivity contribution in [3.63, 3.8) is 0 Å². The smallest absolute Gasteiger partial charge is 0.146 e. The summed E-state index contributed by atoms with van der Waals surface area (Å²) in [6, 6.07) is 8.07. The summed E-state index contributed by atoms with van der Waals surface area (Å²) in [6.07, 6.45) is 4.68. The van der Waals surface area contributed by atoms with Crippen LogP contribution < -0.4 is 0 Å². The van der Waals surface area contributed by atoms with Crippen molar-refractivity contribution in [2.24, 2.45) is 5.92 Å². The van der Waals surface area contributed by atoms with Gasteiger partial charge in [0.1, 0.15) is 5.78 Å². The van der Waals surface area contributed by atoms with E-state index in [9.17, 15) is 4.79 Å². The largest absolute Gasteiger partial charge is 0.298 e. The summed E-state index contributed by atoms with van der Waals surface area (Å²) in [6.45, 7) is 0. The molecule has 86 valence electrons. The third-order valence-corrected chi connectivity index (χ3v) is 5.07. The van der Waals surface area contributed by atoms with Gasteiger partial charge in [-0.1, -0.05) is 25.0 Å². The van der Waals surface area contributed by atoms with Gasteiger partial charge in [-0.05, 0) is 40.9 Å². The van der Waals surface area contributed by atoms with E-state index >= 15 is 0 Å². The third-order valence-electron chi connectivity index (χ3n) is 3.02. The van der Waals surface area contributed by atoms with Gasteiger partial charge in [-0.3, -0.25) is 4.79 Å². The summed E-state index contributed by atoms with van der Waals surface area (Å²) in [5.41, 5.74) is 0. The van der Waals surface area contributed by atoms with Crippen molar-refractivity contribution >= 4 is 33.5 Å². The molecular formula is C13H15BrOS. The molecule has 2 rings (SSSR count). The van der Waals surface area contributed by atoms with Crippen molar-refractivity contribution < 1.29 is 4.79 Å². The Hall–Kier alpha value is -0.280. The number of halogens is 1. The van der Waals surface area contributed by atoms with Crippen LogP contribution in [-0.2, 0) is 4.79 Å². The first kappa shape index (κ1) is 12.2. The summed E-state index contributed by atoms with van der Waals surface area (Å²) in [7, 11) is 0. The lowest BCUT2D eigenvalue weighted by atomic mass is 10.0. The number of thioether (sulfide) groups is 1. The molecule has 0 amide bonds. The molecule has 1 saturated carbocycles. The molecule has 1 aromatic carbocycles. The second-order valence-electron chi connectivity index (χ2n) is 4.17. The topological polar surface area (TPSA) is 17.1 Å². The molecule has 1 aliphatic rings. The molecule has 0 saturated heterocycles. The van der Waals surface area contributed by atoms with Gasteiger partial charge in [0.05, 0.1) is 5.75 Å². The zero-order chi connectivity index (χ0) is 11.4. The number of ketones is 1. The van der Waals surface area contributed by atoms with Crippen LogP contribution in [0.15, 0.2) is 33.6 Å². The molecule has 16 heavy (non-hydrogen) atoms. The van der Waals surface area contributed by atoms with Crippen molar-refractivity contribution in [2.75, 3.05) is 5.75 Å².